The molecule has 1 unspecified atom stereocenters. The third kappa shape index (κ3) is 2.18. The van der Waals surface area contributed by atoms with Crippen LogP contribution in [0.3, 0.4) is 0 Å². The van der Waals surface area contributed by atoms with Crippen LogP contribution >= 0.6 is 0 Å². The van der Waals surface area contributed by atoms with Crippen LogP contribution in [-0.2, 0) is 4.79 Å². The van der Waals surface area contributed by atoms with Gasteiger partial charge in [-0.25, -0.2) is 0 Å². The molecule has 0 bridgehead atoms. The van der Waals surface area contributed by atoms with Gasteiger partial charge in [-0.3, -0.25) is 9.59 Å². The van der Waals surface area contributed by atoms with Crippen molar-refractivity contribution in [1.82, 2.24) is 15.2 Å². The fraction of sp³-hybridized carbons (Fsp3) is 0.375. The first kappa shape index (κ1) is 13.7. The van der Waals surface area contributed by atoms with Gasteiger partial charge in [-0.1, -0.05) is 18.2 Å². The standard InChI is InChI=1S/C16H19N3O2/c1-16(15(21)17-2)7-8-19(10-16)14(20)12-9-18-13-6-4-3-5-11(12)13/h3-6,9,18H,7-8,10H2,1-2H3,(H,17,21). The van der Waals surface area contributed by atoms with Crippen molar-refractivity contribution >= 4 is 22.7 Å². The SMILES string of the molecule is CNC(=O)C1(C)CCN(C(=O)c2c[nH]c3ccccc23)C1. The van der Waals surface area contributed by atoms with Crippen molar-refractivity contribution in [1.29, 1.82) is 0 Å². The Labute approximate surface area is 123 Å². The first-order valence-electron chi connectivity index (χ1n) is 7.13. The maximum atomic E-state index is 12.7. The number of rotatable bonds is 2. The maximum Gasteiger partial charge on any atom is 0.256 e. The minimum Gasteiger partial charge on any atom is -0.360 e. The Kier molecular flexibility index (Phi) is 3.20. The fourth-order valence-electron chi connectivity index (χ4n) is 3.04. The molecule has 1 aromatic heterocycles. The molecule has 2 amide bonds. The molecule has 2 N–H and O–H groups in total. The molecule has 0 saturated carbocycles. The van der Waals surface area contributed by atoms with E-state index in [0.29, 0.717) is 25.1 Å². The number of nitrogens with zero attached hydrogens (tertiary/aromatic N) is 1. The van der Waals surface area contributed by atoms with Crippen LogP contribution in [0.25, 0.3) is 10.9 Å². The summed E-state index contributed by atoms with van der Waals surface area (Å²) in [6.45, 7) is 2.99. The van der Waals surface area contributed by atoms with Gasteiger partial charge in [-0.15, -0.1) is 0 Å². The molecular weight excluding hydrogens is 266 g/mol. The van der Waals surface area contributed by atoms with E-state index in [1.165, 1.54) is 0 Å². The van der Waals surface area contributed by atoms with Crippen molar-refractivity contribution in [2.75, 3.05) is 20.1 Å². The molecular formula is C16H19N3O2. The minimum atomic E-state index is -0.490. The highest BCUT2D eigenvalue weighted by Crippen LogP contribution is 2.32. The summed E-state index contributed by atoms with van der Waals surface area (Å²) in [6, 6.07) is 7.75. The van der Waals surface area contributed by atoms with Gasteiger partial charge in [0.2, 0.25) is 5.91 Å². The Balaban J connectivity index is 1.86. The summed E-state index contributed by atoms with van der Waals surface area (Å²) >= 11 is 0. The zero-order chi connectivity index (χ0) is 15.0. The highest BCUT2D eigenvalue weighted by Gasteiger charge is 2.41. The van der Waals surface area contributed by atoms with Crippen LogP contribution in [0.2, 0.25) is 0 Å². The molecule has 1 aliphatic rings. The number of fused-ring (bicyclic) bond motifs is 1. The van der Waals surface area contributed by atoms with Gasteiger partial charge in [-0.2, -0.15) is 0 Å². The Morgan fingerprint density at radius 1 is 1.33 bits per heavy atom. The maximum absolute atomic E-state index is 12.7. The van der Waals surface area contributed by atoms with E-state index in [1.807, 2.05) is 31.2 Å². The van der Waals surface area contributed by atoms with Crippen LogP contribution in [0.15, 0.2) is 30.5 Å². The summed E-state index contributed by atoms with van der Waals surface area (Å²) in [7, 11) is 1.64. The third-order valence-electron chi connectivity index (χ3n) is 4.36. The van der Waals surface area contributed by atoms with Crippen LogP contribution in [0.5, 0.6) is 0 Å². The molecule has 2 heterocycles. The molecule has 0 spiro atoms. The van der Waals surface area contributed by atoms with Crippen molar-refractivity contribution in [3.8, 4) is 0 Å². The van der Waals surface area contributed by atoms with E-state index in [0.717, 1.165) is 10.9 Å². The number of benzene rings is 1. The van der Waals surface area contributed by atoms with E-state index < -0.39 is 5.41 Å². The molecule has 21 heavy (non-hydrogen) atoms. The van der Waals surface area contributed by atoms with Crippen molar-refractivity contribution in [2.24, 2.45) is 5.41 Å². The minimum absolute atomic E-state index is 0.00303. The number of aromatic amines is 1. The molecule has 1 atom stereocenters. The summed E-state index contributed by atoms with van der Waals surface area (Å²) in [6.07, 6.45) is 2.45. The van der Waals surface area contributed by atoms with Gasteiger partial charge in [0.25, 0.3) is 5.91 Å². The van der Waals surface area contributed by atoms with E-state index in [9.17, 15) is 9.59 Å². The van der Waals surface area contributed by atoms with Crippen molar-refractivity contribution in [3.05, 3.63) is 36.0 Å². The Bertz CT molecular complexity index is 706. The van der Waals surface area contributed by atoms with Crippen molar-refractivity contribution in [2.45, 2.75) is 13.3 Å². The Morgan fingerprint density at radius 2 is 2.10 bits per heavy atom. The summed E-state index contributed by atoms with van der Waals surface area (Å²) < 4.78 is 0. The lowest BCUT2D eigenvalue weighted by atomic mass is 9.89. The predicted octanol–water partition coefficient (Wildman–Crippen LogP) is 1.77. The highest BCUT2D eigenvalue weighted by atomic mass is 16.2. The summed E-state index contributed by atoms with van der Waals surface area (Å²) in [4.78, 5) is 29.5. The number of carbonyl (C=O) groups excluding carboxylic acids is 2. The molecule has 110 valence electrons. The first-order valence-corrected chi connectivity index (χ1v) is 7.13. The van der Waals surface area contributed by atoms with E-state index >= 15 is 0 Å². The van der Waals surface area contributed by atoms with Crippen molar-refractivity contribution < 1.29 is 9.59 Å². The Hall–Kier alpha value is -2.30. The van der Waals surface area contributed by atoms with Gasteiger partial charge in [-0.05, 0) is 19.4 Å². The topological polar surface area (TPSA) is 65.2 Å². The van der Waals surface area contributed by atoms with Crippen LogP contribution in [0.4, 0.5) is 0 Å². The number of likely N-dealkylation sites (tertiary alicyclic amines) is 1. The van der Waals surface area contributed by atoms with Crippen LogP contribution in [-0.4, -0.2) is 41.8 Å². The second-order valence-electron chi connectivity index (χ2n) is 5.86. The molecule has 1 aromatic carbocycles. The number of aromatic nitrogens is 1. The summed E-state index contributed by atoms with van der Waals surface area (Å²) in [5.41, 5.74) is 1.14. The van der Waals surface area contributed by atoms with E-state index in [2.05, 4.69) is 10.3 Å². The van der Waals surface area contributed by atoms with Crippen LogP contribution < -0.4 is 5.32 Å². The van der Waals surface area contributed by atoms with Gasteiger partial charge in [0.05, 0.1) is 11.0 Å². The monoisotopic (exact) mass is 285 g/mol. The predicted molar refractivity (Wildman–Crippen MR) is 81.0 cm³/mol. The number of hydrogen-bond acceptors (Lipinski definition) is 2. The van der Waals surface area contributed by atoms with Gasteiger partial charge < -0.3 is 15.2 Å². The molecule has 1 aliphatic heterocycles. The number of nitrogens with one attached hydrogen (secondary N) is 2. The number of H-pyrrole nitrogens is 1. The van der Waals surface area contributed by atoms with Crippen LogP contribution in [0, 0.1) is 5.41 Å². The zero-order valence-corrected chi connectivity index (χ0v) is 12.3. The average molecular weight is 285 g/mol. The Morgan fingerprint density at radius 3 is 2.86 bits per heavy atom. The second-order valence-corrected chi connectivity index (χ2v) is 5.86. The highest BCUT2D eigenvalue weighted by molar-refractivity contribution is 6.07. The van der Waals surface area contributed by atoms with E-state index in [4.69, 9.17) is 0 Å². The number of hydrogen-bond donors (Lipinski definition) is 2. The molecule has 2 aromatic rings. The fourth-order valence-corrected chi connectivity index (χ4v) is 3.04. The van der Waals surface area contributed by atoms with Gasteiger partial charge in [0.15, 0.2) is 0 Å². The number of para-hydroxylation sites is 1. The normalized spacial score (nSPS) is 21.7. The number of amides is 2. The lowest BCUT2D eigenvalue weighted by Gasteiger charge is -2.22. The smallest absolute Gasteiger partial charge is 0.256 e. The summed E-state index contributed by atoms with van der Waals surface area (Å²) in [5.74, 6) is -0.0168. The van der Waals surface area contributed by atoms with Crippen molar-refractivity contribution in [3.63, 3.8) is 0 Å². The molecule has 1 fully saturated rings. The molecule has 5 nitrogen and oxygen atoms in total. The van der Waals surface area contributed by atoms with E-state index in [1.54, 1.807) is 18.1 Å². The second kappa shape index (κ2) is 4.91. The molecule has 5 heteroatoms. The molecule has 3 rings (SSSR count). The van der Waals surface area contributed by atoms with Gasteiger partial charge in [0.1, 0.15) is 0 Å². The quantitative estimate of drug-likeness (QED) is 0.883. The van der Waals surface area contributed by atoms with Gasteiger partial charge >= 0.3 is 0 Å². The molecule has 1 saturated heterocycles. The average Bonchev–Trinajstić information content (AvgIpc) is 3.10. The lowest BCUT2D eigenvalue weighted by molar-refractivity contribution is -0.128. The third-order valence-corrected chi connectivity index (χ3v) is 4.36. The zero-order valence-electron chi connectivity index (χ0n) is 12.3. The lowest BCUT2D eigenvalue weighted by Crippen LogP contribution is -2.40. The largest absolute Gasteiger partial charge is 0.360 e. The molecule has 0 radical (unpaired) electrons. The molecule has 0 aliphatic carbocycles. The van der Waals surface area contributed by atoms with Crippen LogP contribution in [0.1, 0.15) is 23.7 Å². The summed E-state index contributed by atoms with van der Waals surface area (Å²) in [5, 5.41) is 3.62. The van der Waals surface area contributed by atoms with E-state index in [-0.39, 0.29) is 11.8 Å². The van der Waals surface area contributed by atoms with Gasteiger partial charge in [0, 0.05) is 37.2 Å². The first-order chi connectivity index (χ1) is 10.0. The number of carbonyl (C=O) groups is 2.